The van der Waals surface area contributed by atoms with Crippen LogP contribution in [0.1, 0.15) is 29.0 Å². The fraction of sp³-hybridized carbons (Fsp3) is 0.188. The molecule has 1 aromatic heterocycles. The van der Waals surface area contributed by atoms with Crippen LogP contribution in [0.2, 0.25) is 10.0 Å². The van der Waals surface area contributed by atoms with Crippen molar-refractivity contribution in [2.45, 2.75) is 13.0 Å². The Morgan fingerprint density at radius 2 is 2.04 bits per heavy atom. The van der Waals surface area contributed by atoms with Gasteiger partial charge in [0.05, 0.1) is 6.04 Å². The van der Waals surface area contributed by atoms with E-state index in [0.717, 1.165) is 0 Å². The molecule has 1 heterocycles. The number of ether oxygens (including phenoxy) is 1. The first-order valence-corrected chi connectivity index (χ1v) is 7.73. The second-order valence-electron chi connectivity index (χ2n) is 4.94. The molecule has 0 aliphatic rings. The maximum Gasteiger partial charge on any atom is 0.405 e. The zero-order valence-corrected chi connectivity index (χ0v) is 14.2. The molecule has 2 aromatic rings. The molecular formula is C16H14Cl2N2O4. The average Bonchev–Trinajstić information content (AvgIpc) is 2.52. The number of pyridine rings is 1. The largest absolute Gasteiger partial charge is 0.618 e. The number of hydrogen-bond acceptors (Lipinski definition) is 4. The number of amides is 1. The molecule has 8 heteroatoms. The number of carbonyl (C=O) groups is 2. The molecule has 0 radical (unpaired) electrons. The van der Waals surface area contributed by atoms with Gasteiger partial charge >= 0.3 is 11.7 Å². The van der Waals surface area contributed by atoms with Crippen LogP contribution in [0, 0.1) is 5.21 Å². The molecule has 2 rings (SSSR count). The monoisotopic (exact) mass is 368 g/mol. The van der Waals surface area contributed by atoms with Crippen LogP contribution in [0.4, 0.5) is 0 Å². The molecule has 0 saturated carbocycles. The number of rotatable bonds is 5. The second-order valence-corrected chi connectivity index (χ2v) is 5.79. The minimum absolute atomic E-state index is 0.195. The van der Waals surface area contributed by atoms with E-state index in [9.17, 15) is 14.8 Å². The number of benzene rings is 1. The molecule has 1 N–H and O–H groups in total. The van der Waals surface area contributed by atoms with Crippen molar-refractivity contribution in [1.82, 2.24) is 5.32 Å². The van der Waals surface area contributed by atoms with Gasteiger partial charge in [0.15, 0.2) is 12.8 Å². The van der Waals surface area contributed by atoms with Crippen molar-refractivity contribution >= 4 is 35.1 Å². The first-order chi connectivity index (χ1) is 11.4. The molecule has 0 bridgehead atoms. The van der Waals surface area contributed by atoms with Crippen molar-refractivity contribution in [2.24, 2.45) is 0 Å². The lowest BCUT2D eigenvalue weighted by atomic mass is 10.1. The lowest BCUT2D eigenvalue weighted by molar-refractivity contribution is -0.608. The second kappa shape index (κ2) is 7.99. The zero-order chi connectivity index (χ0) is 17.7. The van der Waals surface area contributed by atoms with Gasteiger partial charge in [0.2, 0.25) is 0 Å². The lowest BCUT2D eigenvalue weighted by Crippen LogP contribution is -2.36. The van der Waals surface area contributed by atoms with Gasteiger partial charge in [-0.25, -0.2) is 4.79 Å². The predicted octanol–water partition coefficient (Wildman–Crippen LogP) is 2.66. The normalized spacial score (nSPS) is 11.6. The molecule has 0 saturated heterocycles. The molecule has 24 heavy (non-hydrogen) atoms. The zero-order valence-electron chi connectivity index (χ0n) is 12.7. The van der Waals surface area contributed by atoms with Crippen LogP contribution in [0.5, 0.6) is 0 Å². The van der Waals surface area contributed by atoms with Crippen LogP contribution in [-0.4, -0.2) is 18.5 Å². The minimum atomic E-state index is -0.877. The topological polar surface area (TPSA) is 82.3 Å². The van der Waals surface area contributed by atoms with Crippen LogP contribution < -0.4 is 10.0 Å². The third kappa shape index (κ3) is 4.59. The van der Waals surface area contributed by atoms with Crippen LogP contribution in [0.25, 0.3) is 0 Å². The Bertz CT molecular complexity index is 767. The fourth-order valence-corrected chi connectivity index (χ4v) is 2.58. The van der Waals surface area contributed by atoms with Crippen LogP contribution in [0.15, 0.2) is 42.6 Å². The quantitative estimate of drug-likeness (QED) is 0.499. The Labute approximate surface area is 148 Å². The molecule has 1 aromatic carbocycles. The van der Waals surface area contributed by atoms with Crippen molar-refractivity contribution in [2.75, 3.05) is 6.61 Å². The number of esters is 1. The number of nitrogens with zero attached hydrogens (tertiary/aromatic N) is 1. The molecule has 0 fully saturated rings. The van der Waals surface area contributed by atoms with E-state index in [1.807, 2.05) is 0 Å². The molecule has 1 amide bonds. The molecule has 0 aliphatic heterocycles. The third-order valence-corrected chi connectivity index (χ3v) is 3.74. The van der Waals surface area contributed by atoms with Crippen molar-refractivity contribution in [1.29, 1.82) is 0 Å². The standard InChI is InChI=1S/C16H14Cl2N2O4/c1-10(12-6-5-11(17)8-13(12)18)19-15(21)9-24-16(22)14-4-2-3-7-20(14)23/h2-8,10H,9H2,1H3,(H,19,21)/t10-/m1/s1. The van der Waals surface area contributed by atoms with Gasteiger partial charge in [0.1, 0.15) is 0 Å². The smallest absolute Gasteiger partial charge is 0.405 e. The summed E-state index contributed by atoms with van der Waals surface area (Å²) in [5.74, 6) is -1.40. The number of carbonyl (C=O) groups excluding carboxylic acids is 2. The van der Waals surface area contributed by atoms with E-state index in [1.165, 1.54) is 24.4 Å². The highest BCUT2D eigenvalue weighted by Crippen LogP contribution is 2.25. The van der Waals surface area contributed by atoms with Crippen LogP contribution in [-0.2, 0) is 9.53 Å². The van der Waals surface area contributed by atoms with Crippen molar-refractivity contribution < 1.29 is 19.1 Å². The van der Waals surface area contributed by atoms with Gasteiger partial charge in [-0.05, 0) is 30.7 Å². The Balaban J connectivity index is 1.91. The third-order valence-electron chi connectivity index (χ3n) is 3.17. The maximum atomic E-state index is 11.9. The molecule has 126 valence electrons. The summed E-state index contributed by atoms with van der Waals surface area (Å²) >= 11 is 11.9. The van der Waals surface area contributed by atoms with Crippen molar-refractivity contribution in [3.05, 3.63) is 69.1 Å². The van der Waals surface area contributed by atoms with E-state index >= 15 is 0 Å². The highest BCUT2D eigenvalue weighted by molar-refractivity contribution is 6.35. The van der Waals surface area contributed by atoms with Gasteiger partial charge in [-0.1, -0.05) is 29.3 Å². The van der Waals surface area contributed by atoms with Gasteiger partial charge in [-0.2, -0.15) is 4.73 Å². The number of hydrogen-bond donors (Lipinski definition) is 1. The Morgan fingerprint density at radius 3 is 2.71 bits per heavy atom. The summed E-state index contributed by atoms with van der Waals surface area (Å²) in [7, 11) is 0. The SMILES string of the molecule is C[C@@H](NC(=O)COC(=O)c1cccc[n+]1[O-])c1ccc(Cl)cc1Cl. The summed E-state index contributed by atoms with van der Waals surface area (Å²) in [5.41, 5.74) is 0.486. The van der Waals surface area contributed by atoms with Gasteiger partial charge < -0.3 is 15.3 Å². The van der Waals surface area contributed by atoms with Crippen molar-refractivity contribution in [3.8, 4) is 0 Å². The van der Waals surface area contributed by atoms with Gasteiger partial charge in [0.25, 0.3) is 5.91 Å². The highest BCUT2D eigenvalue weighted by atomic mass is 35.5. The van der Waals surface area contributed by atoms with E-state index in [4.69, 9.17) is 27.9 Å². The van der Waals surface area contributed by atoms with Gasteiger partial charge in [-0.15, -0.1) is 0 Å². The predicted molar refractivity (Wildman–Crippen MR) is 88.7 cm³/mol. The number of aromatic nitrogens is 1. The molecule has 6 nitrogen and oxygen atoms in total. The summed E-state index contributed by atoms with van der Waals surface area (Å²) in [6, 6.07) is 8.85. The maximum absolute atomic E-state index is 11.9. The Morgan fingerprint density at radius 1 is 1.29 bits per heavy atom. The average molecular weight is 369 g/mol. The van der Waals surface area contributed by atoms with E-state index in [-0.39, 0.29) is 5.69 Å². The molecule has 1 atom stereocenters. The summed E-state index contributed by atoms with van der Waals surface area (Å²) in [4.78, 5) is 23.6. The number of halogens is 2. The Kier molecular flexibility index (Phi) is 6.00. The molecule has 0 unspecified atom stereocenters. The van der Waals surface area contributed by atoms with E-state index in [2.05, 4.69) is 5.32 Å². The number of nitrogens with one attached hydrogen (secondary N) is 1. The van der Waals surface area contributed by atoms with Crippen molar-refractivity contribution in [3.63, 3.8) is 0 Å². The van der Waals surface area contributed by atoms with Crippen LogP contribution in [0.3, 0.4) is 0 Å². The van der Waals surface area contributed by atoms with Gasteiger partial charge in [-0.3, -0.25) is 4.79 Å². The molecular weight excluding hydrogens is 355 g/mol. The summed E-state index contributed by atoms with van der Waals surface area (Å²) in [6.45, 7) is 1.22. The van der Waals surface area contributed by atoms with Gasteiger partial charge in [0, 0.05) is 22.2 Å². The first kappa shape index (κ1) is 18.0. The summed E-state index contributed by atoms with van der Waals surface area (Å²) in [6.07, 6.45) is 1.17. The molecule has 0 aliphatic carbocycles. The first-order valence-electron chi connectivity index (χ1n) is 6.98. The van der Waals surface area contributed by atoms with E-state index in [0.29, 0.717) is 20.3 Å². The minimum Gasteiger partial charge on any atom is -0.618 e. The summed E-state index contributed by atoms with van der Waals surface area (Å²) < 4.78 is 5.20. The fourth-order valence-electron chi connectivity index (χ4n) is 2.00. The highest BCUT2D eigenvalue weighted by Gasteiger charge is 2.19. The van der Waals surface area contributed by atoms with E-state index < -0.39 is 24.5 Å². The lowest BCUT2D eigenvalue weighted by Gasteiger charge is -2.16. The molecule has 0 spiro atoms. The Hall–Kier alpha value is -2.31. The summed E-state index contributed by atoms with van der Waals surface area (Å²) in [5, 5.41) is 15.0. The van der Waals surface area contributed by atoms with Crippen LogP contribution >= 0.6 is 23.2 Å². The van der Waals surface area contributed by atoms with E-state index in [1.54, 1.807) is 25.1 Å².